The van der Waals surface area contributed by atoms with Gasteiger partial charge in [-0.2, -0.15) is 8.42 Å². The van der Waals surface area contributed by atoms with Gasteiger partial charge in [0.05, 0.1) is 6.26 Å². The summed E-state index contributed by atoms with van der Waals surface area (Å²) >= 11 is 0. The first-order chi connectivity index (χ1) is 9.81. The second-order valence-corrected chi connectivity index (χ2v) is 6.67. The monoisotopic (exact) mass is 322 g/mol. The van der Waals surface area contributed by atoms with Crippen LogP contribution in [0.1, 0.15) is 77.6 Å². The third-order valence-electron chi connectivity index (χ3n) is 2.84. The van der Waals surface area contributed by atoms with Crippen molar-refractivity contribution in [2.45, 2.75) is 77.6 Å². The molecule has 0 aromatic heterocycles. The van der Waals surface area contributed by atoms with E-state index in [2.05, 4.69) is 6.92 Å². The Balaban J connectivity index is 0. The van der Waals surface area contributed by atoms with Crippen molar-refractivity contribution in [1.29, 1.82) is 0 Å². The summed E-state index contributed by atoms with van der Waals surface area (Å²) in [7, 11) is -3.67. The number of hydrogen-bond acceptors (Lipinski definition) is 4. The Labute approximate surface area is 129 Å². The van der Waals surface area contributed by atoms with Gasteiger partial charge >= 0.3 is 0 Å². The van der Waals surface area contributed by atoms with Crippen LogP contribution in [0.3, 0.4) is 0 Å². The lowest BCUT2D eigenvalue weighted by atomic mass is 10.0. The van der Waals surface area contributed by atoms with Gasteiger partial charge in [-0.1, -0.05) is 39.0 Å². The molecule has 0 radical (unpaired) electrons. The molecule has 0 aromatic carbocycles. The van der Waals surface area contributed by atoms with Crippen molar-refractivity contribution >= 4 is 22.2 Å². The molecule has 0 unspecified atom stereocenters. The molecule has 0 heterocycles. The van der Waals surface area contributed by atoms with Gasteiger partial charge in [-0.05, 0) is 19.3 Å². The minimum Gasteiger partial charge on any atom is -0.303 e. The first kappa shape index (κ1) is 22.5. The van der Waals surface area contributed by atoms with E-state index in [1.807, 2.05) is 0 Å². The molecule has 0 aromatic rings. The Bertz CT molecular complexity index is 341. The standard InChI is InChI=1S/C14H26O2.CH4O3S/c1-2-3-8-11-14(16)12-9-6-4-5-7-10-13-15;1-5(2,3)4/h13H,2-12H2,1H3;1H3,(H,2,3,4). The number of ketones is 1. The van der Waals surface area contributed by atoms with Crippen LogP contribution in [-0.2, 0) is 19.7 Å². The van der Waals surface area contributed by atoms with Gasteiger partial charge in [0, 0.05) is 19.3 Å². The van der Waals surface area contributed by atoms with Gasteiger partial charge in [0.2, 0.25) is 0 Å². The van der Waals surface area contributed by atoms with Gasteiger partial charge < -0.3 is 4.79 Å². The summed E-state index contributed by atoms with van der Waals surface area (Å²) in [5.74, 6) is 0.432. The van der Waals surface area contributed by atoms with Crippen LogP contribution in [0.2, 0.25) is 0 Å². The molecule has 0 fully saturated rings. The Morgan fingerprint density at radius 1 is 0.952 bits per heavy atom. The predicted octanol–water partition coefficient (Wildman–Crippen LogP) is 3.57. The largest absolute Gasteiger partial charge is 0.303 e. The molecule has 0 amide bonds. The quantitative estimate of drug-likeness (QED) is 0.337. The molecular formula is C15H30O5S. The van der Waals surface area contributed by atoms with Gasteiger partial charge in [-0.3, -0.25) is 9.35 Å². The smallest absolute Gasteiger partial charge is 0.261 e. The molecule has 0 atom stereocenters. The van der Waals surface area contributed by atoms with Crippen LogP contribution in [0.15, 0.2) is 0 Å². The van der Waals surface area contributed by atoms with Gasteiger partial charge in [0.15, 0.2) is 0 Å². The van der Waals surface area contributed by atoms with E-state index in [-0.39, 0.29) is 0 Å². The lowest BCUT2D eigenvalue weighted by Crippen LogP contribution is -1.97. The summed E-state index contributed by atoms with van der Waals surface area (Å²) in [6, 6.07) is 0. The molecule has 0 saturated carbocycles. The minimum absolute atomic E-state index is 0.432. The molecule has 0 bridgehead atoms. The molecule has 21 heavy (non-hydrogen) atoms. The van der Waals surface area contributed by atoms with Crippen LogP contribution in [0.5, 0.6) is 0 Å². The molecule has 0 rings (SSSR count). The zero-order valence-electron chi connectivity index (χ0n) is 13.3. The maximum absolute atomic E-state index is 11.4. The van der Waals surface area contributed by atoms with E-state index in [4.69, 9.17) is 4.55 Å². The predicted molar refractivity (Wildman–Crippen MR) is 85.0 cm³/mol. The van der Waals surface area contributed by atoms with E-state index in [9.17, 15) is 18.0 Å². The third kappa shape index (κ3) is 32.6. The summed E-state index contributed by atoms with van der Waals surface area (Å²) in [6.07, 6.45) is 12.8. The lowest BCUT2D eigenvalue weighted by Gasteiger charge is -2.01. The molecule has 126 valence electrons. The fraction of sp³-hybridized carbons (Fsp3) is 0.867. The van der Waals surface area contributed by atoms with Crippen LogP contribution < -0.4 is 0 Å². The molecule has 0 aliphatic carbocycles. The highest BCUT2D eigenvalue weighted by Crippen LogP contribution is 2.09. The van der Waals surface area contributed by atoms with E-state index in [0.29, 0.717) is 18.5 Å². The maximum Gasteiger partial charge on any atom is 0.261 e. The topological polar surface area (TPSA) is 88.5 Å². The van der Waals surface area contributed by atoms with E-state index in [0.717, 1.165) is 57.7 Å². The number of carbonyl (C=O) groups excluding carboxylic acids is 2. The Kier molecular flexibility index (Phi) is 16.8. The van der Waals surface area contributed by atoms with E-state index in [1.165, 1.54) is 12.8 Å². The lowest BCUT2D eigenvalue weighted by molar-refractivity contribution is -0.119. The number of aldehydes is 1. The first-order valence-electron chi connectivity index (χ1n) is 7.69. The highest BCUT2D eigenvalue weighted by molar-refractivity contribution is 7.85. The molecule has 0 aliphatic heterocycles. The average Bonchev–Trinajstić information content (AvgIpc) is 2.36. The van der Waals surface area contributed by atoms with Crippen molar-refractivity contribution in [3.8, 4) is 0 Å². The van der Waals surface area contributed by atoms with Gasteiger partial charge in [0.25, 0.3) is 10.1 Å². The highest BCUT2D eigenvalue weighted by atomic mass is 32.2. The molecular weight excluding hydrogens is 292 g/mol. The number of unbranched alkanes of at least 4 members (excludes halogenated alkanes) is 7. The van der Waals surface area contributed by atoms with Gasteiger partial charge in [0.1, 0.15) is 12.1 Å². The molecule has 5 nitrogen and oxygen atoms in total. The van der Waals surface area contributed by atoms with E-state index in [1.54, 1.807) is 0 Å². The van der Waals surface area contributed by atoms with Crippen molar-refractivity contribution in [3.05, 3.63) is 0 Å². The van der Waals surface area contributed by atoms with Crippen molar-refractivity contribution in [2.75, 3.05) is 6.26 Å². The fourth-order valence-corrected chi connectivity index (χ4v) is 1.78. The van der Waals surface area contributed by atoms with Crippen LogP contribution in [0, 0.1) is 0 Å². The van der Waals surface area contributed by atoms with Crippen LogP contribution >= 0.6 is 0 Å². The SMILES string of the molecule is CCCCCC(=O)CCCCCCCC=O.CS(=O)(=O)O. The van der Waals surface area contributed by atoms with Crippen LogP contribution in [0.25, 0.3) is 0 Å². The summed E-state index contributed by atoms with van der Waals surface area (Å²) in [5.41, 5.74) is 0. The molecule has 0 aliphatic rings. The van der Waals surface area contributed by atoms with Crippen molar-refractivity contribution in [1.82, 2.24) is 0 Å². The first-order valence-corrected chi connectivity index (χ1v) is 9.53. The number of rotatable bonds is 12. The normalized spacial score (nSPS) is 10.6. The average molecular weight is 322 g/mol. The number of carbonyl (C=O) groups is 2. The van der Waals surface area contributed by atoms with Crippen molar-refractivity contribution in [3.63, 3.8) is 0 Å². The molecule has 6 heteroatoms. The molecule has 1 N–H and O–H groups in total. The van der Waals surface area contributed by atoms with Gasteiger partial charge in [-0.15, -0.1) is 0 Å². The number of Topliss-reactive ketones (excluding diaryl/α,β-unsaturated/α-hetero) is 1. The Morgan fingerprint density at radius 3 is 1.86 bits per heavy atom. The summed E-state index contributed by atoms with van der Waals surface area (Å²) in [4.78, 5) is 21.5. The van der Waals surface area contributed by atoms with Crippen molar-refractivity contribution < 1.29 is 22.6 Å². The Morgan fingerprint density at radius 2 is 1.38 bits per heavy atom. The van der Waals surface area contributed by atoms with Crippen LogP contribution in [-0.4, -0.2) is 31.3 Å². The second kappa shape index (κ2) is 15.6. The third-order valence-corrected chi connectivity index (χ3v) is 2.84. The molecule has 0 spiro atoms. The Hall–Kier alpha value is -0.750. The minimum atomic E-state index is -3.67. The maximum atomic E-state index is 11.4. The summed E-state index contributed by atoms with van der Waals surface area (Å²) in [5, 5.41) is 0. The summed E-state index contributed by atoms with van der Waals surface area (Å²) < 4.78 is 25.9. The van der Waals surface area contributed by atoms with E-state index < -0.39 is 10.1 Å². The fourth-order valence-electron chi connectivity index (χ4n) is 1.78. The number of hydrogen-bond donors (Lipinski definition) is 1. The van der Waals surface area contributed by atoms with Crippen LogP contribution in [0.4, 0.5) is 0 Å². The molecule has 0 saturated heterocycles. The van der Waals surface area contributed by atoms with Crippen molar-refractivity contribution in [2.24, 2.45) is 0 Å². The summed E-state index contributed by atoms with van der Waals surface area (Å²) in [6.45, 7) is 2.16. The van der Waals surface area contributed by atoms with Gasteiger partial charge in [-0.25, -0.2) is 0 Å². The second-order valence-electron chi connectivity index (χ2n) is 5.20. The van der Waals surface area contributed by atoms with E-state index >= 15 is 0 Å². The highest BCUT2D eigenvalue weighted by Gasteiger charge is 2.00. The zero-order valence-corrected chi connectivity index (χ0v) is 14.2. The zero-order chi connectivity index (χ0) is 16.6.